The molecule has 1 atom stereocenters. The van der Waals surface area contributed by atoms with Crippen LogP contribution >= 0.6 is 12.4 Å². The average molecular weight is 194 g/mol. The quantitative estimate of drug-likeness (QED) is 0.683. The lowest BCUT2D eigenvalue weighted by molar-refractivity contribution is -0.141. The third-order valence-corrected chi connectivity index (χ3v) is 2.39. The maximum Gasteiger partial charge on any atom is 0.307 e. The van der Waals surface area contributed by atoms with Gasteiger partial charge in [0.1, 0.15) is 0 Å². The molecule has 1 unspecified atom stereocenters. The van der Waals surface area contributed by atoms with E-state index in [-0.39, 0.29) is 24.4 Å². The lowest BCUT2D eigenvalue weighted by Gasteiger charge is -2.30. The van der Waals surface area contributed by atoms with E-state index < -0.39 is 0 Å². The lowest BCUT2D eigenvalue weighted by atomic mass is 9.79. The summed E-state index contributed by atoms with van der Waals surface area (Å²) in [6, 6.07) is 0.0243. The van der Waals surface area contributed by atoms with E-state index in [2.05, 4.69) is 4.74 Å². The van der Waals surface area contributed by atoms with E-state index in [1.807, 2.05) is 0 Å². The number of hydrogen-bond acceptors (Lipinski definition) is 3. The highest BCUT2D eigenvalue weighted by Gasteiger charge is 2.26. The normalized spacial score (nSPS) is 18.8. The molecule has 0 amide bonds. The summed E-state index contributed by atoms with van der Waals surface area (Å²) in [7, 11) is 1.40. The van der Waals surface area contributed by atoms with Crippen molar-refractivity contribution in [3.8, 4) is 0 Å². The molecule has 72 valence electrons. The van der Waals surface area contributed by atoms with Crippen molar-refractivity contribution in [2.75, 3.05) is 7.11 Å². The Kier molecular flexibility index (Phi) is 5.25. The van der Waals surface area contributed by atoms with Crippen molar-refractivity contribution in [3.63, 3.8) is 0 Å². The van der Waals surface area contributed by atoms with Crippen molar-refractivity contribution in [3.05, 3.63) is 0 Å². The number of halogens is 1. The molecule has 0 spiro atoms. The third-order valence-electron chi connectivity index (χ3n) is 2.39. The molecule has 1 aliphatic carbocycles. The molecule has 1 fully saturated rings. The van der Waals surface area contributed by atoms with Gasteiger partial charge in [-0.3, -0.25) is 4.79 Å². The molecule has 0 radical (unpaired) electrons. The number of carbonyl (C=O) groups excluding carboxylic acids is 1. The molecule has 0 aromatic heterocycles. The van der Waals surface area contributed by atoms with Crippen LogP contribution in [0.15, 0.2) is 0 Å². The number of rotatable bonds is 3. The van der Waals surface area contributed by atoms with Crippen LogP contribution in [0.5, 0.6) is 0 Å². The van der Waals surface area contributed by atoms with Gasteiger partial charge < -0.3 is 10.5 Å². The first kappa shape index (κ1) is 11.7. The van der Waals surface area contributed by atoms with Crippen LogP contribution in [0.3, 0.4) is 0 Å². The van der Waals surface area contributed by atoms with Crippen molar-refractivity contribution >= 4 is 18.4 Å². The molecule has 1 rings (SSSR count). The average Bonchev–Trinajstić information content (AvgIpc) is 1.83. The predicted molar refractivity (Wildman–Crippen MR) is 49.2 cm³/mol. The molecular weight excluding hydrogens is 178 g/mol. The summed E-state index contributed by atoms with van der Waals surface area (Å²) < 4.78 is 4.52. The third kappa shape index (κ3) is 2.99. The van der Waals surface area contributed by atoms with Crippen LogP contribution in [0.2, 0.25) is 0 Å². The molecule has 0 aromatic rings. The molecule has 3 nitrogen and oxygen atoms in total. The van der Waals surface area contributed by atoms with E-state index >= 15 is 0 Å². The van der Waals surface area contributed by atoms with E-state index in [1.165, 1.54) is 26.4 Å². The Balaban J connectivity index is 0.00000121. The van der Waals surface area contributed by atoms with Gasteiger partial charge in [-0.15, -0.1) is 12.4 Å². The Hall–Kier alpha value is -0.280. The smallest absolute Gasteiger partial charge is 0.307 e. The van der Waals surface area contributed by atoms with Gasteiger partial charge in [0, 0.05) is 6.04 Å². The highest BCUT2D eigenvalue weighted by molar-refractivity contribution is 5.85. The maximum atomic E-state index is 10.8. The minimum Gasteiger partial charge on any atom is -0.469 e. The molecule has 1 aliphatic rings. The summed E-state index contributed by atoms with van der Waals surface area (Å²) in [4.78, 5) is 10.8. The molecule has 0 heterocycles. The summed E-state index contributed by atoms with van der Waals surface area (Å²) in [6.45, 7) is 0. The topological polar surface area (TPSA) is 52.3 Å². The van der Waals surface area contributed by atoms with Gasteiger partial charge in [0.15, 0.2) is 0 Å². The predicted octanol–water partition coefficient (Wildman–Crippen LogP) is 1.10. The molecular formula is C8H16ClNO2. The van der Waals surface area contributed by atoms with Gasteiger partial charge in [0.05, 0.1) is 13.5 Å². The molecule has 0 aliphatic heterocycles. The van der Waals surface area contributed by atoms with Crippen molar-refractivity contribution in [2.45, 2.75) is 31.7 Å². The molecule has 0 saturated heterocycles. The van der Waals surface area contributed by atoms with Crippen LogP contribution in [0.1, 0.15) is 25.7 Å². The Labute approximate surface area is 79.1 Å². The van der Waals surface area contributed by atoms with Crippen molar-refractivity contribution < 1.29 is 9.53 Å². The van der Waals surface area contributed by atoms with E-state index in [0.717, 1.165) is 0 Å². The van der Waals surface area contributed by atoms with Gasteiger partial charge in [0.25, 0.3) is 0 Å². The second-order valence-corrected chi connectivity index (χ2v) is 3.14. The van der Waals surface area contributed by atoms with Gasteiger partial charge in [-0.05, 0) is 18.8 Å². The van der Waals surface area contributed by atoms with Crippen LogP contribution in [0.4, 0.5) is 0 Å². The zero-order valence-electron chi connectivity index (χ0n) is 7.29. The van der Waals surface area contributed by atoms with Crippen molar-refractivity contribution in [2.24, 2.45) is 11.7 Å². The van der Waals surface area contributed by atoms with Gasteiger partial charge in [-0.25, -0.2) is 0 Å². The number of methoxy groups -OCH3 is 1. The second-order valence-electron chi connectivity index (χ2n) is 3.14. The maximum absolute atomic E-state index is 10.8. The Morgan fingerprint density at radius 2 is 2.25 bits per heavy atom. The number of ether oxygens (including phenoxy) is 1. The van der Waals surface area contributed by atoms with E-state index in [1.54, 1.807) is 0 Å². The highest BCUT2D eigenvalue weighted by atomic mass is 35.5. The molecule has 0 aromatic carbocycles. The second kappa shape index (κ2) is 5.38. The summed E-state index contributed by atoms with van der Waals surface area (Å²) in [6.07, 6.45) is 4.00. The van der Waals surface area contributed by atoms with Crippen LogP contribution in [-0.4, -0.2) is 19.1 Å². The monoisotopic (exact) mass is 193 g/mol. The molecule has 0 bridgehead atoms. The molecule has 2 N–H and O–H groups in total. The van der Waals surface area contributed by atoms with E-state index in [0.29, 0.717) is 12.3 Å². The highest BCUT2D eigenvalue weighted by Crippen LogP contribution is 2.29. The van der Waals surface area contributed by atoms with E-state index in [9.17, 15) is 4.79 Å². The first-order valence-corrected chi connectivity index (χ1v) is 4.06. The fourth-order valence-electron chi connectivity index (χ4n) is 1.31. The molecule has 1 saturated carbocycles. The summed E-state index contributed by atoms with van der Waals surface area (Å²) in [5, 5.41) is 0. The molecule has 12 heavy (non-hydrogen) atoms. The number of nitrogens with two attached hydrogens (primary N) is 1. The standard InChI is InChI=1S/C8H15NO2.ClH/c1-11-8(10)5-7(9)6-3-2-4-6;/h6-7H,2-5,9H2,1H3;1H. The Morgan fingerprint density at radius 3 is 2.58 bits per heavy atom. The van der Waals surface area contributed by atoms with Gasteiger partial charge in [-0.2, -0.15) is 0 Å². The summed E-state index contributed by atoms with van der Waals surface area (Å²) >= 11 is 0. The van der Waals surface area contributed by atoms with Gasteiger partial charge >= 0.3 is 5.97 Å². The fourth-order valence-corrected chi connectivity index (χ4v) is 1.31. The largest absolute Gasteiger partial charge is 0.469 e. The number of esters is 1. The lowest BCUT2D eigenvalue weighted by Crippen LogP contribution is -2.36. The van der Waals surface area contributed by atoms with Crippen molar-refractivity contribution in [1.82, 2.24) is 0 Å². The zero-order chi connectivity index (χ0) is 8.27. The first-order valence-electron chi connectivity index (χ1n) is 4.06. The Morgan fingerprint density at radius 1 is 1.67 bits per heavy atom. The Bertz CT molecular complexity index is 148. The SMILES string of the molecule is COC(=O)CC(N)C1CCC1.Cl. The summed E-state index contributed by atoms with van der Waals surface area (Å²) in [5.74, 6) is 0.374. The van der Waals surface area contributed by atoms with Gasteiger partial charge in [0.2, 0.25) is 0 Å². The van der Waals surface area contributed by atoms with Crippen LogP contribution in [0.25, 0.3) is 0 Å². The molecule has 4 heteroatoms. The van der Waals surface area contributed by atoms with Crippen molar-refractivity contribution in [1.29, 1.82) is 0 Å². The number of carbonyl (C=O) groups is 1. The minimum absolute atomic E-state index is 0. The number of hydrogen-bond donors (Lipinski definition) is 1. The van der Waals surface area contributed by atoms with Gasteiger partial charge in [-0.1, -0.05) is 6.42 Å². The fraction of sp³-hybridized carbons (Fsp3) is 0.875. The summed E-state index contributed by atoms with van der Waals surface area (Å²) in [5.41, 5.74) is 5.75. The van der Waals surface area contributed by atoms with Crippen LogP contribution in [-0.2, 0) is 9.53 Å². The minimum atomic E-state index is -0.190. The first-order chi connectivity index (χ1) is 5.24. The van der Waals surface area contributed by atoms with Crippen LogP contribution < -0.4 is 5.73 Å². The zero-order valence-corrected chi connectivity index (χ0v) is 8.10. The van der Waals surface area contributed by atoms with E-state index in [4.69, 9.17) is 5.73 Å². The van der Waals surface area contributed by atoms with Crippen LogP contribution in [0, 0.1) is 5.92 Å².